The number of allylic oxidation sites excluding steroid dienone is 4. The highest BCUT2D eigenvalue weighted by Crippen LogP contribution is 2.50. The van der Waals surface area contributed by atoms with E-state index in [0.29, 0.717) is 5.75 Å². The van der Waals surface area contributed by atoms with Crippen LogP contribution in [0.2, 0.25) is 19.6 Å². The van der Waals surface area contributed by atoms with Gasteiger partial charge in [0.05, 0.1) is 15.2 Å². The molecule has 0 fully saturated rings. The molecule has 0 atom stereocenters. The van der Waals surface area contributed by atoms with E-state index in [0.717, 1.165) is 27.6 Å². The van der Waals surface area contributed by atoms with Gasteiger partial charge in [-0.05, 0) is 55.7 Å². The van der Waals surface area contributed by atoms with E-state index in [-0.39, 0.29) is 5.92 Å². The van der Waals surface area contributed by atoms with Gasteiger partial charge in [0.25, 0.3) is 0 Å². The van der Waals surface area contributed by atoms with Gasteiger partial charge < -0.3 is 9.84 Å². The van der Waals surface area contributed by atoms with Crippen LogP contribution in [-0.2, 0) is 0 Å². The summed E-state index contributed by atoms with van der Waals surface area (Å²) in [6.45, 7) is 15.6. The molecule has 3 heteroatoms. The summed E-state index contributed by atoms with van der Waals surface area (Å²) >= 11 is 0. The SMILES string of the molecule is COc1cccc(-c2cccc([Si](C)(C)C)c2O)c1C1C(C)=C(C)C(C)=C1C. The van der Waals surface area contributed by atoms with Crippen LogP contribution in [0.5, 0.6) is 11.5 Å². The summed E-state index contributed by atoms with van der Waals surface area (Å²) < 4.78 is 5.81. The van der Waals surface area contributed by atoms with Crippen LogP contribution in [0, 0.1) is 0 Å². The van der Waals surface area contributed by atoms with Crippen molar-refractivity contribution in [2.45, 2.75) is 53.3 Å². The fourth-order valence-corrected chi connectivity index (χ4v) is 5.84. The number of ether oxygens (including phenoxy) is 1. The van der Waals surface area contributed by atoms with Crippen molar-refractivity contribution in [2.24, 2.45) is 0 Å². The number of phenolic OH excluding ortho intramolecular Hbond substituents is 1. The van der Waals surface area contributed by atoms with Crippen LogP contribution in [0.1, 0.15) is 39.2 Å². The van der Waals surface area contributed by atoms with Gasteiger partial charge in [0.15, 0.2) is 0 Å². The van der Waals surface area contributed by atoms with Gasteiger partial charge in [-0.2, -0.15) is 0 Å². The number of hydrogen-bond donors (Lipinski definition) is 1. The number of aromatic hydroxyl groups is 1. The van der Waals surface area contributed by atoms with Crippen LogP contribution < -0.4 is 9.92 Å². The predicted molar refractivity (Wildman–Crippen MR) is 123 cm³/mol. The first-order valence-electron chi connectivity index (χ1n) is 9.94. The van der Waals surface area contributed by atoms with E-state index in [1.54, 1.807) is 7.11 Å². The lowest BCUT2D eigenvalue weighted by Gasteiger charge is -2.25. The molecule has 0 radical (unpaired) electrons. The zero-order valence-corrected chi connectivity index (χ0v) is 19.4. The smallest absolute Gasteiger partial charge is 0.123 e. The Bertz CT molecular complexity index is 966. The van der Waals surface area contributed by atoms with Crippen molar-refractivity contribution in [3.05, 3.63) is 64.3 Å². The summed E-state index contributed by atoms with van der Waals surface area (Å²) in [4.78, 5) is 0. The van der Waals surface area contributed by atoms with Crippen molar-refractivity contribution in [3.63, 3.8) is 0 Å². The summed E-state index contributed by atoms with van der Waals surface area (Å²) in [6.07, 6.45) is 0. The van der Waals surface area contributed by atoms with Crippen LogP contribution >= 0.6 is 0 Å². The minimum atomic E-state index is -1.66. The zero-order chi connectivity index (χ0) is 20.8. The monoisotopic (exact) mass is 392 g/mol. The molecule has 148 valence electrons. The highest BCUT2D eigenvalue weighted by molar-refractivity contribution is 6.89. The van der Waals surface area contributed by atoms with E-state index >= 15 is 0 Å². The average molecular weight is 393 g/mol. The quantitative estimate of drug-likeness (QED) is 0.611. The Labute approximate surface area is 170 Å². The molecule has 0 saturated heterocycles. The highest BCUT2D eigenvalue weighted by Gasteiger charge is 2.31. The Morgan fingerprint density at radius 1 is 0.821 bits per heavy atom. The maximum absolute atomic E-state index is 11.2. The molecule has 2 aromatic carbocycles. The van der Waals surface area contributed by atoms with E-state index < -0.39 is 8.07 Å². The van der Waals surface area contributed by atoms with Crippen molar-refractivity contribution < 1.29 is 9.84 Å². The third-order valence-corrected chi connectivity index (χ3v) is 8.34. The van der Waals surface area contributed by atoms with Crippen molar-refractivity contribution in [3.8, 4) is 22.6 Å². The second kappa shape index (κ2) is 7.29. The van der Waals surface area contributed by atoms with E-state index in [2.05, 4.69) is 65.5 Å². The molecule has 0 amide bonds. The molecule has 0 bridgehead atoms. The molecule has 2 aromatic rings. The third kappa shape index (κ3) is 3.22. The van der Waals surface area contributed by atoms with E-state index in [9.17, 15) is 5.11 Å². The molecule has 0 heterocycles. The molecule has 0 aliphatic heterocycles. The Balaban J connectivity index is 2.33. The largest absolute Gasteiger partial charge is 0.507 e. The fourth-order valence-electron chi connectivity index (χ4n) is 4.40. The van der Waals surface area contributed by atoms with Crippen LogP contribution in [0.25, 0.3) is 11.1 Å². The van der Waals surface area contributed by atoms with Crippen LogP contribution in [0.15, 0.2) is 58.7 Å². The predicted octanol–water partition coefficient (Wildman–Crippen LogP) is 6.38. The van der Waals surface area contributed by atoms with Gasteiger partial charge in [0.1, 0.15) is 11.5 Å². The van der Waals surface area contributed by atoms with Crippen LogP contribution in [-0.4, -0.2) is 20.3 Å². The van der Waals surface area contributed by atoms with Crippen molar-refractivity contribution in [2.75, 3.05) is 7.11 Å². The summed E-state index contributed by atoms with van der Waals surface area (Å²) in [5.74, 6) is 1.48. The summed E-state index contributed by atoms with van der Waals surface area (Å²) in [6, 6.07) is 12.3. The van der Waals surface area contributed by atoms with Crippen molar-refractivity contribution >= 4 is 13.3 Å². The van der Waals surface area contributed by atoms with Gasteiger partial charge in [-0.3, -0.25) is 0 Å². The van der Waals surface area contributed by atoms with E-state index in [4.69, 9.17) is 4.74 Å². The van der Waals surface area contributed by atoms with Crippen molar-refractivity contribution in [1.29, 1.82) is 0 Å². The van der Waals surface area contributed by atoms with Gasteiger partial charge in [-0.15, -0.1) is 0 Å². The number of benzene rings is 2. The second-order valence-electron chi connectivity index (χ2n) is 8.92. The minimum absolute atomic E-state index is 0.182. The first kappa shape index (κ1) is 20.5. The number of hydrogen-bond acceptors (Lipinski definition) is 2. The maximum Gasteiger partial charge on any atom is 0.123 e. The Morgan fingerprint density at radius 3 is 1.89 bits per heavy atom. The van der Waals surface area contributed by atoms with Crippen molar-refractivity contribution in [1.82, 2.24) is 0 Å². The van der Waals surface area contributed by atoms with Crippen LogP contribution in [0.4, 0.5) is 0 Å². The lowest BCUT2D eigenvalue weighted by atomic mass is 9.83. The molecule has 0 aromatic heterocycles. The molecular formula is C25H32O2Si. The van der Waals surface area contributed by atoms with Gasteiger partial charge >= 0.3 is 0 Å². The number of para-hydroxylation sites is 1. The molecule has 0 saturated carbocycles. The van der Waals surface area contributed by atoms with E-state index in [1.165, 1.54) is 22.3 Å². The fraction of sp³-hybridized carbons (Fsp3) is 0.360. The molecule has 28 heavy (non-hydrogen) atoms. The topological polar surface area (TPSA) is 29.5 Å². The number of phenols is 1. The van der Waals surface area contributed by atoms with E-state index in [1.807, 2.05) is 18.2 Å². The molecule has 2 nitrogen and oxygen atoms in total. The molecule has 3 rings (SSSR count). The molecule has 1 aliphatic carbocycles. The number of methoxy groups -OCH3 is 1. The lowest BCUT2D eigenvalue weighted by Crippen LogP contribution is -2.37. The normalized spacial score (nSPS) is 15.6. The minimum Gasteiger partial charge on any atom is -0.507 e. The molecular weight excluding hydrogens is 360 g/mol. The van der Waals surface area contributed by atoms with Gasteiger partial charge in [0, 0.05) is 17.0 Å². The van der Waals surface area contributed by atoms with Gasteiger partial charge in [-0.25, -0.2) is 0 Å². The van der Waals surface area contributed by atoms with Crippen LogP contribution in [0.3, 0.4) is 0 Å². The molecule has 1 aliphatic rings. The standard InChI is InChI=1S/C25H32O2Si/c1-15-16(2)18(4)23(17(15)3)24-19(11-9-13-21(24)27-5)20-12-10-14-22(25(20)26)28(6,7)8/h9-14,23,26H,1-8H3. The zero-order valence-electron chi connectivity index (χ0n) is 18.4. The highest BCUT2D eigenvalue weighted by atomic mass is 28.3. The van der Waals surface area contributed by atoms with Gasteiger partial charge in [0.2, 0.25) is 0 Å². The lowest BCUT2D eigenvalue weighted by molar-refractivity contribution is 0.409. The Morgan fingerprint density at radius 2 is 1.36 bits per heavy atom. The third-order valence-electron chi connectivity index (χ3n) is 6.32. The molecule has 0 spiro atoms. The first-order chi connectivity index (χ1) is 13.1. The second-order valence-corrected chi connectivity index (χ2v) is 14.0. The first-order valence-corrected chi connectivity index (χ1v) is 13.4. The Hall–Kier alpha value is -2.26. The summed E-state index contributed by atoms with van der Waals surface area (Å²) in [7, 11) is 0.0681. The Kier molecular flexibility index (Phi) is 5.33. The average Bonchev–Trinajstić information content (AvgIpc) is 2.83. The molecule has 1 N–H and O–H groups in total. The maximum atomic E-state index is 11.2. The molecule has 0 unspecified atom stereocenters. The van der Waals surface area contributed by atoms with Gasteiger partial charge in [-0.1, -0.05) is 61.1 Å². The summed E-state index contributed by atoms with van der Waals surface area (Å²) in [5.41, 5.74) is 8.56. The number of rotatable bonds is 4. The summed E-state index contributed by atoms with van der Waals surface area (Å²) in [5, 5.41) is 12.3.